The Morgan fingerprint density at radius 2 is 1.76 bits per heavy atom. The van der Waals surface area contributed by atoms with E-state index in [1.54, 1.807) is 42.5 Å². The van der Waals surface area contributed by atoms with Gasteiger partial charge in [0.2, 0.25) is 5.91 Å². The minimum Gasteiger partial charge on any atom is -0.488 e. The van der Waals surface area contributed by atoms with Crippen molar-refractivity contribution >= 4 is 40.8 Å². The lowest BCUT2D eigenvalue weighted by molar-refractivity contribution is -0.143. The van der Waals surface area contributed by atoms with Gasteiger partial charge >= 0.3 is 5.97 Å². The Kier molecular flexibility index (Phi) is 7.10. The van der Waals surface area contributed by atoms with Gasteiger partial charge in [-0.3, -0.25) is 9.59 Å². The van der Waals surface area contributed by atoms with Crippen molar-refractivity contribution < 1.29 is 19.1 Å². The van der Waals surface area contributed by atoms with Gasteiger partial charge in [-0.25, -0.2) is 0 Å². The summed E-state index contributed by atoms with van der Waals surface area (Å²) in [7, 11) is 0. The van der Waals surface area contributed by atoms with Crippen molar-refractivity contribution in [2.24, 2.45) is 0 Å². The lowest BCUT2D eigenvalue weighted by Gasteiger charge is -2.09. The molecule has 0 heterocycles. The smallest absolute Gasteiger partial charge is 0.310 e. The summed E-state index contributed by atoms with van der Waals surface area (Å²) in [5, 5.41) is 3.58. The van der Waals surface area contributed by atoms with Crippen molar-refractivity contribution in [3.8, 4) is 5.75 Å². The van der Waals surface area contributed by atoms with Gasteiger partial charge in [-0.1, -0.05) is 35.3 Å². The molecule has 0 aliphatic rings. The Morgan fingerprint density at radius 3 is 2.40 bits per heavy atom. The molecule has 0 saturated carbocycles. The molecule has 1 amide bonds. The molecule has 2 aromatic rings. The molecule has 5 nitrogen and oxygen atoms in total. The molecular weight excluding hydrogens is 365 g/mol. The zero-order valence-corrected chi connectivity index (χ0v) is 15.1. The van der Waals surface area contributed by atoms with Crippen molar-refractivity contribution in [1.29, 1.82) is 0 Å². The third-order valence-corrected chi connectivity index (χ3v) is 3.65. The Hall–Kier alpha value is -2.24. The van der Waals surface area contributed by atoms with E-state index in [0.717, 1.165) is 5.56 Å². The minimum absolute atomic E-state index is 0.113. The number of benzene rings is 2. The fourth-order valence-corrected chi connectivity index (χ4v) is 2.49. The molecule has 0 bridgehead atoms. The van der Waals surface area contributed by atoms with Crippen LogP contribution in [0.2, 0.25) is 10.0 Å². The fraction of sp³-hybridized carbons (Fsp3) is 0.222. The van der Waals surface area contributed by atoms with E-state index in [0.29, 0.717) is 21.5 Å². The van der Waals surface area contributed by atoms with Crippen molar-refractivity contribution in [2.45, 2.75) is 13.3 Å². The molecule has 0 atom stereocenters. The molecular formula is C18H17Cl2NO4. The summed E-state index contributed by atoms with van der Waals surface area (Å²) >= 11 is 11.8. The zero-order valence-electron chi connectivity index (χ0n) is 13.6. The molecule has 1 N–H and O–H groups in total. The second-order valence-electron chi connectivity index (χ2n) is 5.20. The first-order valence-corrected chi connectivity index (χ1v) is 8.29. The van der Waals surface area contributed by atoms with Gasteiger partial charge in [-0.2, -0.15) is 0 Å². The number of nitrogens with one attached hydrogen (secondary N) is 1. The van der Waals surface area contributed by atoms with E-state index in [1.807, 2.05) is 0 Å². The van der Waals surface area contributed by atoms with Crippen LogP contribution in [0.1, 0.15) is 12.5 Å². The van der Waals surface area contributed by atoms with E-state index in [9.17, 15) is 9.59 Å². The Bertz CT molecular complexity index is 747. The average molecular weight is 382 g/mol. The molecule has 0 spiro atoms. The second kappa shape index (κ2) is 9.30. The maximum Gasteiger partial charge on any atom is 0.310 e. The number of amides is 1. The van der Waals surface area contributed by atoms with Crippen LogP contribution < -0.4 is 10.1 Å². The number of halogens is 2. The first-order valence-electron chi connectivity index (χ1n) is 7.54. The topological polar surface area (TPSA) is 64.6 Å². The Labute approximate surface area is 155 Å². The molecule has 0 saturated heterocycles. The molecule has 0 aliphatic heterocycles. The van der Waals surface area contributed by atoms with Gasteiger partial charge in [0.25, 0.3) is 0 Å². The highest BCUT2D eigenvalue weighted by molar-refractivity contribution is 6.35. The van der Waals surface area contributed by atoms with Crippen LogP contribution in [0.15, 0.2) is 42.5 Å². The van der Waals surface area contributed by atoms with Crippen LogP contribution in [0.5, 0.6) is 5.75 Å². The van der Waals surface area contributed by atoms with E-state index in [-0.39, 0.29) is 31.5 Å². The van der Waals surface area contributed by atoms with Gasteiger partial charge in [0.1, 0.15) is 19.0 Å². The summed E-state index contributed by atoms with van der Waals surface area (Å²) in [6.45, 7) is 1.74. The van der Waals surface area contributed by atoms with Gasteiger partial charge in [-0.05, 0) is 35.9 Å². The second-order valence-corrected chi connectivity index (χ2v) is 6.04. The Morgan fingerprint density at radius 1 is 1.04 bits per heavy atom. The molecule has 0 aliphatic carbocycles. The molecule has 2 aromatic carbocycles. The average Bonchev–Trinajstić information content (AvgIpc) is 2.54. The molecule has 0 radical (unpaired) electrons. The number of hydrogen-bond donors (Lipinski definition) is 1. The van der Waals surface area contributed by atoms with E-state index < -0.39 is 0 Å². The number of hydrogen-bond acceptors (Lipinski definition) is 4. The van der Waals surface area contributed by atoms with Gasteiger partial charge in [0.15, 0.2) is 0 Å². The van der Waals surface area contributed by atoms with E-state index in [2.05, 4.69) is 5.32 Å². The number of rotatable bonds is 7. The van der Waals surface area contributed by atoms with Crippen LogP contribution in [0.3, 0.4) is 0 Å². The standard InChI is InChI=1S/C18H17Cl2NO4/c1-12(22)21-15-5-2-13(3-6-15)10-18(23)25-9-8-24-17-7-4-14(19)11-16(17)20/h2-7,11H,8-10H2,1H3,(H,21,22). The van der Waals surface area contributed by atoms with Crippen LogP contribution in [0.4, 0.5) is 5.69 Å². The monoisotopic (exact) mass is 381 g/mol. The lowest BCUT2D eigenvalue weighted by Crippen LogP contribution is -2.14. The van der Waals surface area contributed by atoms with Crippen molar-refractivity contribution in [3.05, 3.63) is 58.1 Å². The molecule has 2 rings (SSSR count). The highest BCUT2D eigenvalue weighted by Gasteiger charge is 2.07. The molecule has 0 unspecified atom stereocenters. The van der Waals surface area contributed by atoms with E-state index >= 15 is 0 Å². The predicted molar refractivity (Wildman–Crippen MR) is 97.4 cm³/mol. The van der Waals surface area contributed by atoms with Gasteiger partial charge in [0, 0.05) is 17.6 Å². The van der Waals surface area contributed by atoms with Gasteiger partial charge in [0.05, 0.1) is 11.4 Å². The van der Waals surface area contributed by atoms with Crippen LogP contribution >= 0.6 is 23.2 Å². The van der Waals surface area contributed by atoms with Crippen LogP contribution in [0, 0.1) is 0 Å². The molecule has 25 heavy (non-hydrogen) atoms. The molecule has 0 fully saturated rings. The summed E-state index contributed by atoms with van der Waals surface area (Å²) in [4.78, 5) is 22.8. The number of anilines is 1. The number of carbonyl (C=O) groups excluding carboxylic acids is 2. The highest BCUT2D eigenvalue weighted by Crippen LogP contribution is 2.27. The third kappa shape index (κ3) is 6.64. The highest BCUT2D eigenvalue weighted by atomic mass is 35.5. The number of esters is 1. The first-order chi connectivity index (χ1) is 11.9. The van der Waals surface area contributed by atoms with Crippen molar-refractivity contribution in [1.82, 2.24) is 0 Å². The predicted octanol–water partition coefficient (Wildman–Crippen LogP) is 4.12. The quantitative estimate of drug-likeness (QED) is 0.578. The normalized spacial score (nSPS) is 10.2. The SMILES string of the molecule is CC(=O)Nc1ccc(CC(=O)OCCOc2ccc(Cl)cc2Cl)cc1. The van der Waals surface area contributed by atoms with E-state index in [1.165, 1.54) is 6.92 Å². The van der Waals surface area contributed by atoms with Crippen LogP contribution in [-0.2, 0) is 20.7 Å². The van der Waals surface area contributed by atoms with Crippen LogP contribution in [0.25, 0.3) is 0 Å². The molecule has 132 valence electrons. The summed E-state index contributed by atoms with van der Waals surface area (Å²) < 4.78 is 10.6. The molecule has 7 heteroatoms. The lowest BCUT2D eigenvalue weighted by atomic mass is 10.1. The maximum absolute atomic E-state index is 11.8. The summed E-state index contributed by atoms with van der Waals surface area (Å²) in [6.07, 6.45) is 0.141. The fourth-order valence-electron chi connectivity index (χ4n) is 2.03. The van der Waals surface area contributed by atoms with Crippen molar-refractivity contribution in [2.75, 3.05) is 18.5 Å². The van der Waals surface area contributed by atoms with E-state index in [4.69, 9.17) is 32.7 Å². The van der Waals surface area contributed by atoms with Gasteiger partial charge < -0.3 is 14.8 Å². The number of carbonyl (C=O) groups is 2. The van der Waals surface area contributed by atoms with Crippen molar-refractivity contribution in [3.63, 3.8) is 0 Å². The summed E-state index contributed by atoms with van der Waals surface area (Å²) in [6, 6.07) is 11.9. The maximum atomic E-state index is 11.8. The Balaban J connectivity index is 1.72. The largest absolute Gasteiger partial charge is 0.488 e. The number of ether oxygens (including phenoxy) is 2. The third-order valence-electron chi connectivity index (χ3n) is 3.12. The summed E-state index contributed by atoms with van der Waals surface area (Å²) in [5.74, 6) is -0.0262. The van der Waals surface area contributed by atoms with Gasteiger partial charge in [-0.15, -0.1) is 0 Å². The zero-order chi connectivity index (χ0) is 18.2. The first kappa shape index (κ1) is 19.1. The van der Waals surface area contributed by atoms with Crippen LogP contribution in [-0.4, -0.2) is 25.1 Å². The minimum atomic E-state index is -0.363. The molecule has 0 aromatic heterocycles. The summed E-state index contributed by atoms with van der Waals surface area (Å²) in [5.41, 5.74) is 1.47.